The van der Waals surface area contributed by atoms with Crippen LogP contribution in [0.1, 0.15) is 19.8 Å². The highest BCUT2D eigenvalue weighted by atomic mass is 32.2. The second-order valence-corrected chi connectivity index (χ2v) is 7.89. The molecule has 4 rings (SSSR count). The largest absolute Gasteiger partial charge is 0.342 e. The van der Waals surface area contributed by atoms with Crippen molar-refractivity contribution < 1.29 is 4.79 Å². The molecule has 2 aromatic carbocycles. The fraction of sp³-hybridized carbons (Fsp3) is 0.286. The van der Waals surface area contributed by atoms with Crippen LogP contribution in [0.4, 0.5) is 0 Å². The molecule has 5 heteroatoms. The fourth-order valence-corrected chi connectivity index (χ4v) is 4.37. The smallest absolute Gasteiger partial charge is 0.235 e. The molecule has 1 fully saturated rings. The molecular weight excluding hydrogens is 342 g/mol. The Hall–Kier alpha value is -2.40. The molecule has 26 heavy (non-hydrogen) atoms. The molecule has 132 valence electrons. The van der Waals surface area contributed by atoms with Gasteiger partial charge in [-0.15, -0.1) is 10.2 Å². The highest BCUT2D eigenvalue weighted by Crippen LogP contribution is 2.33. The molecule has 0 saturated carbocycles. The van der Waals surface area contributed by atoms with Crippen LogP contribution in [0.5, 0.6) is 0 Å². The molecule has 1 aromatic heterocycles. The van der Waals surface area contributed by atoms with Crippen molar-refractivity contribution in [2.24, 2.45) is 0 Å². The van der Waals surface area contributed by atoms with Crippen LogP contribution in [-0.4, -0.2) is 39.3 Å². The first-order valence-electron chi connectivity index (χ1n) is 9.00. The van der Waals surface area contributed by atoms with Gasteiger partial charge in [0.15, 0.2) is 0 Å². The highest BCUT2D eigenvalue weighted by molar-refractivity contribution is 8.00. The van der Waals surface area contributed by atoms with Gasteiger partial charge in [0.2, 0.25) is 5.91 Å². The zero-order valence-electron chi connectivity index (χ0n) is 14.8. The van der Waals surface area contributed by atoms with Crippen molar-refractivity contribution in [3.63, 3.8) is 0 Å². The minimum absolute atomic E-state index is 0.159. The Bertz CT molecular complexity index is 923. The third-order valence-electron chi connectivity index (χ3n) is 4.75. The predicted molar refractivity (Wildman–Crippen MR) is 106 cm³/mol. The third-order valence-corrected chi connectivity index (χ3v) is 5.83. The molecule has 3 aromatic rings. The van der Waals surface area contributed by atoms with Gasteiger partial charge in [-0.2, -0.15) is 0 Å². The summed E-state index contributed by atoms with van der Waals surface area (Å²) in [5.41, 5.74) is 1.93. The van der Waals surface area contributed by atoms with Crippen LogP contribution in [0.25, 0.3) is 22.0 Å². The molecule has 1 amide bonds. The van der Waals surface area contributed by atoms with E-state index in [9.17, 15) is 4.79 Å². The Kier molecular flexibility index (Phi) is 4.89. The maximum absolute atomic E-state index is 12.6. The lowest BCUT2D eigenvalue weighted by atomic mass is 10.1. The van der Waals surface area contributed by atoms with Crippen molar-refractivity contribution in [2.45, 2.75) is 30.0 Å². The molecule has 1 aliphatic heterocycles. The molecule has 2 heterocycles. The third kappa shape index (κ3) is 3.31. The van der Waals surface area contributed by atoms with Crippen LogP contribution in [0.15, 0.2) is 59.6 Å². The van der Waals surface area contributed by atoms with Gasteiger partial charge in [-0.25, -0.2) is 0 Å². The molecule has 0 radical (unpaired) electrons. The van der Waals surface area contributed by atoms with Crippen molar-refractivity contribution in [1.82, 2.24) is 15.1 Å². The number of benzene rings is 2. The molecule has 0 unspecified atom stereocenters. The minimum Gasteiger partial charge on any atom is -0.342 e. The first kappa shape index (κ1) is 17.0. The minimum atomic E-state index is -0.159. The summed E-state index contributed by atoms with van der Waals surface area (Å²) in [5.74, 6) is 0.200. The zero-order valence-corrected chi connectivity index (χ0v) is 15.6. The average molecular weight is 363 g/mol. The van der Waals surface area contributed by atoms with Crippen LogP contribution < -0.4 is 0 Å². The second kappa shape index (κ2) is 7.46. The molecular formula is C21H21N3OS. The topological polar surface area (TPSA) is 46.1 Å². The van der Waals surface area contributed by atoms with E-state index in [1.54, 1.807) is 0 Å². The molecule has 0 N–H and O–H groups in total. The standard InChI is InChI=1S/C21H21N3OS/c1-15(21(25)24-13-7-8-14-24)26-20-18-12-6-5-11-17(18)19(22-23-20)16-9-3-2-4-10-16/h2-6,9-12,15H,7-8,13-14H2,1H3/t15-/m0/s1. The van der Waals surface area contributed by atoms with Crippen LogP contribution in [0.2, 0.25) is 0 Å². The number of rotatable bonds is 4. The van der Waals surface area contributed by atoms with Gasteiger partial charge in [0.25, 0.3) is 0 Å². The maximum atomic E-state index is 12.6. The summed E-state index contributed by atoms with van der Waals surface area (Å²) in [6.07, 6.45) is 2.22. The number of carbonyl (C=O) groups is 1. The molecule has 0 bridgehead atoms. The van der Waals surface area contributed by atoms with Crippen LogP contribution in [0, 0.1) is 0 Å². The van der Waals surface area contributed by atoms with Crippen molar-refractivity contribution in [2.75, 3.05) is 13.1 Å². The summed E-state index contributed by atoms with van der Waals surface area (Å²) in [7, 11) is 0. The van der Waals surface area contributed by atoms with Gasteiger partial charge in [0, 0.05) is 29.4 Å². The summed E-state index contributed by atoms with van der Waals surface area (Å²) in [4.78, 5) is 14.6. The van der Waals surface area contributed by atoms with E-state index >= 15 is 0 Å². The van der Waals surface area contributed by atoms with E-state index < -0.39 is 0 Å². The Morgan fingerprint density at radius 2 is 1.62 bits per heavy atom. The maximum Gasteiger partial charge on any atom is 0.235 e. The van der Waals surface area contributed by atoms with Crippen LogP contribution in [0.3, 0.4) is 0 Å². The van der Waals surface area contributed by atoms with Gasteiger partial charge in [0.1, 0.15) is 10.7 Å². The molecule has 4 nitrogen and oxygen atoms in total. The summed E-state index contributed by atoms with van der Waals surface area (Å²) >= 11 is 1.51. The number of fused-ring (bicyclic) bond motifs is 1. The number of carbonyl (C=O) groups excluding carboxylic acids is 1. The van der Waals surface area contributed by atoms with E-state index in [-0.39, 0.29) is 11.2 Å². The number of aromatic nitrogens is 2. The van der Waals surface area contributed by atoms with E-state index in [1.165, 1.54) is 11.8 Å². The molecule has 1 atom stereocenters. The van der Waals surface area contributed by atoms with Gasteiger partial charge in [0.05, 0.1) is 5.25 Å². The highest BCUT2D eigenvalue weighted by Gasteiger charge is 2.25. The first-order valence-corrected chi connectivity index (χ1v) is 9.88. The number of hydrogen-bond donors (Lipinski definition) is 0. The van der Waals surface area contributed by atoms with Gasteiger partial charge >= 0.3 is 0 Å². The van der Waals surface area contributed by atoms with Crippen molar-refractivity contribution >= 4 is 28.4 Å². The van der Waals surface area contributed by atoms with Gasteiger partial charge < -0.3 is 4.90 Å². The molecule has 0 aliphatic carbocycles. The predicted octanol–water partition coefficient (Wildman–Crippen LogP) is 4.40. The number of amides is 1. The lowest BCUT2D eigenvalue weighted by molar-refractivity contribution is -0.129. The SMILES string of the molecule is C[C@H](Sc1nnc(-c2ccccc2)c2ccccc12)C(=O)N1CCCC1. The van der Waals surface area contributed by atoms with E-state index in [0.29, 0.717) is 0 Å². The Balaban J connectivity index is 1.67. The molecule has 0 spiro atoms. The van der Waals surface area contributed by atoms with Crippen LogP contribution in [-0.2, 0) is 4.79 Å². The summed E-state index contributed by atoms with van der Waals surface area (Å²) < 4.78 is 0. The van der Waals surface area contributed by atoms with Gasteiger partial charge in [-0.1, -0.05) is 66.4 Å². The first-order chi connectivity index (χ1) is 12.7. The van der Waals surface area contributed by atoms with E-state index in [4.69, 9.17) is 0 Å². The number of thioether (sulfide) groups is 1. The normalized spacial score (nSPS) is 15.3. The van der Waals surface area contributed by atoms with Gasteiger partial charge in [-0.3, -0.25) is 4.79 Å². The lowest BCUT2D eigenvalue weighted by Gasteiger charge is -2.20. The van der Waals surface area contributed by atoms with Gasteiger partial charge in [-0.05, 0) is 19.8 Å². The number of hydrogen-bond acceptors (Lipinski definition) is 4. The molecule has 1 saturated heterocycles. The van der Waals surface area contributed by atoms with Crippen molar-refractivity contribution in [1.29, 1.82) is 0 Å². The number of likely N-dealkylation sites (tertiary alicyclic amines) is 1. The fourth-order valence-electron chi connectivity index (χ4n) is 3.39. The lowest BCUT2D eigenvalue weighted by Crippen LogP contribution is -2.34. The average Bonchev–Trinajstić information content (AvgIpc) is 3.23. The Morgan fingerprint density at radius 1 is 0.962 bits per heavy atom. The van der Waals surface area contributed by atoms with E-state index in [2.05, 4.69) is 22.3 Å². The second-order valence-electron chi connectivity index (χ2n) is 6.56. The van der Waals surface area contributed by atoms with Crippen molar-refractivity contribution in [3.8, 4) is 11.3 Å². The Labute approximate surface area is 157 Å². The zero-order chi connectivity index (χ0) is 17.9. The summed E-state index contributed by atoms with van der Waals surface area (Å²) in [6.45, 7) is 3.72. The van der Waals surface area contributed by atoms with E-state index in [0.717, 1.165) is 53.0 Å². The quantitative estimate of drug-likeness (QED) is 0.645. The van der Waals surface area contributed by atoms with Crippen molar-refractivity contribution in [3.05, 3.63) is 54.6 Å². The molecule has 1 aliphatic rings. The van der Waals surface area contributed by atoms with Crippen LogP contribution >= 0.6 is 11.8 Å². The summed E-state index contributed by atoms with van der Waals surface area (Å²) in [6, 6.07) is 18.3. The number of nitrogens with zero attached hydrogens (tertiary/aromatic N) is 3. The van der Waals surface area contributed by atoms with E-state index in [1.807, 2.05) is 54.3 Å². The Morgan fingerprint density at radius 3 is 2.35 bits per heavy atom. The summed E-state index contributed by atoms with van der Waals surface area (Å²) in [5, 5.41) is 11.7. The monoisotopic (exact) mass is 363 g/mol.